The van der Waals surface area contributed by atoms with E-state index in [1.807, 2.05) is 0 Å². The molecular formula is C10H13F3N4O. The predicted molar refractivity (Wildman–Crippen MR) is 60.8 cm³/mol. The molecule has 0 amide bonds. The Kier molecular flexibility index (Phi) is 4.00. The van der Waals surface area contributed by atoms with Crippen LogP contribution in [0.2, 0.25) is 0 Å². The number of nitrogens with two attached hydrogens (primary N) is 1. The molecule has 0 fully saturated rings. The number of anilines is 1. The van der Waals surface area contributed by atoms with Crippen molar-refractivity contribution in [1.82, 2.24) is 4.98 Å². The molecule has 5 nitrogen and oxygen atoms in total. The SMILES string of the molecule is Cc1ccc(C(N)=NO)c(N(C)CC(F)(F)F)n1. The van der Waals surface area contributed by atoms with Crippen LogP contribution < -0.4 is 10.6 Å². The molecule has 0 saturated carbocycles. The Bertz CT molecular complexity index is 459. The van der Waals surface area contributed by atoms with Gasteiger partial charge in [-0.25, -0.2) is 4.98 Å². The Morgan fingerprint density at radius 3 is 2.61 bits per heavy atom. The molecule has 0 radical (unpaired) electrons. The van der Waals surface area contributed by atoms with Crippen LogP contribution >= 0.6 is 0 Å². The maximum Gasteiger partial charge on any atom is 0.405 e. The van der Waals surface area contributed by atoms with Crippen molar-refractivity contribution in [2.24, 2.45) is 10.9 Å². The zero-order valence-electron chi connectivity index (χ0n) is 9.86. The molecule has 0 aliphatic rings. The van der Waals surface area contributed by atoms with Gasteiger partial charge in [-0.1, -0.05) is 5.16 Å². The lowest BCUT2D eigenvalue weighted by molar-refractivity contribution is -0.119. The van der Waals surface area contributed by atoms with E-state index in [1.54, 1.807) is 13.0 Å². The van der Waals surface area contributed by atoms with E-state index >= 15 is 0 Å². The van der Waals surface area contributed by atoms with Gasteiger partial charge in [0.25, 0.3) is 0 Å². The van der Waals surface area contributed by atoms with Crippen LogP contribution in [0.1, 0.15) is 11.3 Å². The van der Waals surface area contributed by atoms with Crippen LogP contribution in [-0.2, 0) is 0 Å². The van der Waals surface area contributed by atoms with Crippen molar-refractivity contribution < 1.29 is 18.4 Å². The third-order valence-corrected chi connectivity index (χ3v) is 2.18. The number of hydrogen-bond acceptors (Lipinski definition) is 4. The first-order chi connectivity index (χ1) is 8.24. The molecule has 0 bridgehead atoms. The van der Waals surface area contributed by atoms with Gasteiger partial charge in [0.05, 0.1) is 5.56 Å². The second-order valence-electron chi connectivity index (χ2n) is 3.78. The van der Waals surface area contributed by atoms with Gasteiger partial charge in [-0.05, 0) is 19.1 Å². The molecule has 0 spiro atoms. The molecule has 0 aromatic carbocycles. The smallest absolute Gasteiger partial charge is 0.405 e. The van der Waals surface area contributed by atoms with Gasteiger partial charge in [-0.3, -0.25) is 0 Å². The summed E-state index contributed by atoms with van der Waals surface area (Å²) in [5.74, 6) is -0.269. The standard InChI is InChI=1S/C10H13F3N4O/c1-6-3-4-7(8(14)16-18)9(15-6)17(2)5-10(11,12)13/h3-4,18H,5H2,1-2H3,(H2,14,16). The maximum absolute atomic E-state index is 12.3. The minimum Gasteiger partial charge on any atom is -0.409 e. The van der Waals surface area contributed by atoms with Gasteiger partial charge >= 0.3 is 6.18 Å². The minimum absolute atomic E-state index is 0.0163. The fraction of sp³-hybridized carbons (Fsp3) is 0.400. The summed E-state index contributed by atoms with van der Waals surface area (Å²) in [6.45, 7) is 0.468. The molecule has 0 atom stereocenters. The highest BCUT2D eigenvalue weighted by Crippen LogP contribution is 2.22. The lowest BCUT2D eigenvalue weighted by Crippen LogP contribution is -2.33. The number of aromatic nitrogens is 1. The summed E-state index contributed by atoms with van der Waals surface area (Å²) >= 11 is 0. The minimum atomic E-state index is -4.36. The first-order valence-corrected chi connectivity index (χ1v) is 4.98. The average molecular weight is 262 g/mol. The average Bonchev–Trinajstić information content (AvgIpc) is 2.25. The molecule has 1 rings (SSSR count). The third kappa shape index (κ3) is 3.51. The molecule has 0 unspecified atom stereocenters. The van der Waals surface area contributed by atoms with Gasteiger partial charge in [0.15, 0.2) is 5.84 Å². The van der Waals surface area contributed by atoms with E-state index in [4.69, 9.17) is 10.9 Å². The fourth-order valence-corrected chi connectivity index (χ4v) is 1.43. The summed E-state index contributed by atoms with van der Waals surface area (Å²) in [6, 6.07) is 3.03. The fourth-order valence-electron chi connectivity index (χ4n) is 1.43. The first-order valence-electron chi connectivity index (χ1n) is 4.98. The number of oxime groups is 1. The number of halogens is 3. The number of alkyl halides is 3. The van der Waals surface area contributed by atoms with E-state index in [9.17, 15) is 13.2 Å². The topological polar surface area (TPSA) is 74.7 Å². The molecule has 3 N–H and O–H groups in total. The van der Waals surface area contributed by atoms with Crippen molar-refractivity contribution in [1.29, 1.82) is 0 Å². The summed E-state index contributed by atoms with van der Waals surface area (Å²) in [6.07, 6.45) is -4.36. The van der Waals surface area contributed by atoms with Crippen LogP contribution in [0.15, 0.2) is 17.3 Å². The Morgan fingerprint density at radius 1 is 1.50 bits per heavy atom. The molecule has 1 heterocycles. The lowest BCUT2D eigenvalue weighted by Gasteiger charge is -2.22. The maximum atomic E-state index is 12.3. The Morgan fingerprint density at radius 2 is 2.11 bits per heavy atom. The monoisotopic (exact) mass is 262 g/mol. The molecule has 1 aromatic heterocycles. The number of amidine groups is 1. The van der Waals surface area contributed by atoms with Crippen molar-refractivity contribution in [3.8, 4) is 0 Å². The predicted octanol–water partition coefficient (Wildman–Crippen LogP) is 1.48. The quantitative estimate of drug-likeness (QED) is 0.374. The molecule has 8 heteroatoms. The van der Waals surface area contributed by atoms with Gasteiger partial charge < -0.3 is 15.8 Å². The van der Waals surface area contributed by atoms with Crippen molar-refractivity contribution in [3.63, 3.8) is 0 Å². The Labute approximate surface area is 102 Å². The lowest BCUT2D eigenvalue weighted by atomic mass is 10.2. The van der Waals surface area contributed by atoms with Crippen LogP contribution in [-0.4, -0.2) is 35.8 Å². The van der Waals surface area contributed by atoms with Gasteiger partial charge in [0, 0.05) is 12.7 Å². The van der Waals surface area contributed by atoms with Gasteiger partial charge in [0.2, 0.25) is 0 Å². The second-order valence-corrected chi connectivity index (χ2v) is 3.78. The summed E-state index contributed by atoms with van der Waals surface area (Å²) in [4.78, 5) is 4.88. The first kappa shape index (κ1) is 14.1. The van der Waals surface area contributed by atoms with Crippen LogP contribution in [0, 0.1) is 6.92 Å². The molecular weight excluding hydrogens is 249 g/mol. The van der Waals surface area contributed by atoms with Crippen molar-refractivity contribution in [2.45, 2.75) is 13.1 Å². The number of pyridine rings is 1. The van der Waals surface area contributed by atoms with E-state index in [-0.39, 0.29) is 17.2 Å². The molecule has 18 heavy (non-hydrogen) atoms. The summed E-state index contributed by atoms with van der Waals surface area (Å²) in [7, 11) is 1.24. The zero-order chi connectivity index (χ0) is 13.9. The van der Waals surface area contributed by atoms with E-state index in [0.29, 0.717) is 5.69 Å². The number of aryl methyl sites for hydroxylation is 1. The summed E-state index contributed by atoms with van der Waals surface area (Å²) in [5, 5.41) is 11.4. The van der Waals surface area contributed by atoms with Gasteiger partial charge in [-0.15, -0.1) is 0 Å². The van der Waals surface area contributed by atoms with Gasteiger partial charge in [-0.2, -0.15) is 13.2 Å². The van der Waals surface area contributed by atoms with E-state index in [1.165, 1.54) is 13.1 Å². The number of hydrogen-bond donors (Lipinski definition) is 2. The zero-order valence-corrected chi connectivity index (χ0v) is 9.86. The number of nitrogens with zero attached hydrogens (tertiary/aromatic N) is 3. The third-order valence-electron chi connectivity index (χ3n) is 2.18. The normalized spacial score (nSPS) is 12.6. The highest BCUT2D eigenvalue weighted by Gasteiger charge is 2.30. The number of rotatable bonds is 3. The highest BCUT2D eigenvalue weighted by atomic mass is 19.4. The van der Waals surface area contributed by atoms with E-state index in [0.717, 1.165) is 4.90 Å². The van der Waals surface area contributed by atoms with Crippen molar-refractivity contribution in [2.75, 3.05) is 18.5 Å². The van der Waals surface area contributed by atoms with Crippen LogP contribution in [0.5, 0.6) is 0 Å². The van der Waals surface area contributed by atoms with E-state index in [2.05, 4.69) is 10.1 Å². The Balaban J connectivity index is 3.17. The molecule has 0 saturated heterocycles. The van der Waals surface area contributed by atoms with E-state index < -0.39 is 12.7 Å². The van der Waals surface area contributed by atoms with Crippen LogP contribution in [0.25, 0.3) is 0 Å². The van der Waals surface area contributed by atoms with Crippen molar-refractivity contribution >= 4 is 11.7 Å². The van der Waals surface area contributed by atoms with Crippen LogP contribution in [0.3, 0.4) is 0 Å². The largest absolute Gasteiger partial charge is 0.409 e. The van der Waals surface area contributed by atoms with Gasteiger partial charge in [0.1, 0.15) is 12.4 Å². The molecule has 0 aliphatic carbocycles. The summed E-state index contributed by atoms with van der Waals surface area (Å²) < 4.78 is 37.0. The highest BCUT2D eigenvalue weighted by molar-refractivity contribution is 6.01. The molecule has 0 aliphatic heterocycles. The van der Waals surface area contributed by atoms with Crippen molar-refractivity contribution in [3.05, 3.63) is 23.4 Å². The second kappa shape index (κ2) is 5.11. The Hall–Kier alpha value is -1.99. The van der Waals surface area contributed by atoms with Crippen LogP contribution in [0.4, 0.5) is 19.0 Å². The molecule has 1 aromatic rings. The molecule has 100 valence electrons. The summed E-state index contributed by atoms with van der Waals surface area (Å²) in [5.41, 5.74) is 6.08.